The van der Waals surface area contributed by atoms with Crippen LogP contribution < -0.4 is 20.5 Å². The van der Waals surface area contributed by atoms with E-state index in [1.807, 2.05) is 72.5 Å². The number of hydrogen-bond donors (Lipinski definition) is 2. The third kappa shape index (κ3) is 4.33. The van der Waals surface area contributed by atoms with Crippen LogP contribution in [-0.2, 0) is 9.53 Å². The SMILES string of the molecule is CCOc1ccc(C2NNC3C(=O)N(c4ccc(Br)cc4)C(c4ccc(C(=O)OC)cc4)C32)cc1. The van der Waals surface area contributed by atoms with Crippen LogP contribution in [0.4, 0.5) is 5.69 Å². The standard InChI is InChI=1S/C27H26BrN3O4/c1-3-35-21-14-8-16(9-15-21)23-22-24(30-29-23)26(32)31(20-12-10-19(28)11-13-20)25(22)17-4-6-18(7-5-17)27(33)34-2/h4-15,22-25,29-30H,3H2,1-2H3. The van der Waals surface area contributed by atoms with Crippen LogP contribution in [0.25, 0.3) is 0 Å². The highest BCUT2D eigenvalue weighted by atomic mass is 79.9. The molecule has 2 fully saturated rings. The van der Waals surface area contributed by atoms with Crippen molar-refractivity contribution in [2.45, 2.75) is 25.0 Å². The smallest absolute Gasteiger partial charge is 0.337 e. The third-order valence-electron chi connectivity index (χ3n) is 6.64. The number of anilines is 1. The van der Waals surface area contributed by atoms with Crippen molar-refractivity contribution < 1.29 is 19.1 Å². The number of benzene rings is 3. The number of ether oxygens (including phenoxy) is 2. The molecule has 0 saturated carbocycles. The normalized spacial score (nSPS) is 23.3. The van der Waals surface area contributed by atoms with Crippen LogP contribution >= 0.6 is 15.9 Å². The minimum absolute atomic E-state index is 0.000281. The van der Waals surface area contributed by atoms with Gasteiger partial charge in [0.15, 0.2) is 0 Å². The van der Waals surface area contributed by atoms with Crippen LogP contribution in [0.15, 0.2) is 77.3 Å². The molecule has 2 heterocycles. The summed E-state index contributed by atoms with van der Waals surface area (Å²) in [7, 11) is 1.36. The zero-order valence-electron chi connectivity index (χ0n) is 19.4. The summed E-state index contributed by atoms with van der Waals surface area (Å²) in [6, 6.07) is 22.3. The second kappa shape index (κ2) is 9.81. The fraction of sp³-hybridized carbons (Fsp3) is 0.259. The van der Waals surface area contributed by atoms with E-state index in [1.54, 1.807) is 12.1 Å². The van der Waals surface area contributed by atoms with Crippen LogP contribution in [0.2, 0.25) is 0 Å². The van der Waals surface area contributed by atoms with Crippen molar-refractivity contribution in [2.75, 3.05) is 18.6 Å². The molecule has 1 amide bonds. The Balaban J connectivity index is 1.56. The number of nitrogens with one attached hydrogen (secondary N) is 2. The van der Waals surface area contributed by atoms with Crippen LogP contribution in [0.3, 0.4) is 0 Å². The van der Waals surface area contributed by atoms with E-state index in [0.29, 0.717) is 12.2 Å². The van der Waals surface area contributed by atoms with Gasteiger partial charge in [-0.15, -0.1) is 0 Å². The lowest BCUT2D eigenvalue weighted by molar-refractivity contribution is -0.119. The molecule has 0 radical (unpaired) electrons. The van der Waals surface area contributed by atoms with Gasteiger partial charge in [-0.1, -0.05) is 40.2 Å². The number of amides is 1. The van der Waals surface area contributed by atoms with Gasteiger partial charge in [-0.25, -0.2) is 15.6 Å². The minimum Gasteiger partial charge on any atom is -0.494 e. The Morgan fingerprint density at radius 3 is 2.17 bits per heavy atom. The number of fused-ring (bicyclic) bond motifs is 1. The zero-order chi connectivity index (χ0) is 24.5. The van der Waals surface area contributed by atoms with E-state index in [4.69, 9.17) is 9.47 Å². The van der Waals surface area contributed by atoms with Crippen molar-refractivity contribution in [3.05, 3.63) is 94.0 Å². The first-order valence-electron chi connectivity index (χ1n) is 11.5. The van der Waals surface area contributed by atoms with Crippen LogP contribution in [0.5, 0.6) is 5.75 Å². The highest BCUT2D eigenvalue weighted by molar-refractivity contribution is 9.10. The fourth-order valence-electron chi connectivity index (χ4n) is 5.05. The maximum atomic E-state index is 13.7. The number of methoxy groups -OCH3 is 1. The van der Waals surface area contributed by atoms with E-state index in [2.05, 4.69) is 26.8 Å². The molecule has 2 aliphatic heterocycles. The van der Waals surface area contributed by atoms with E-state index in [9.17, 15) is 9.59 Å². The summed E-state index contributed by atoms with van der Waals surface area (Å²) in [5.41, 5.74) is 9.91. The molecule has 7 nitrogen and oxygen atoms in total. The van der Waals surface area contributed by atoms with Crippen molar-refractivity contribution in [3.8, 4) is 5.75 Å². The molecule has 35 heavy (non-hydrogen) atoms. The molecule has 8 heteroatoms. The molecule has 2 saturated heterocycles. The predicted molar refractivity (Wildman–Crippen MR) is 136 cm³/mol. The molecule has 180 valence electrons. The predicted octanol–water partition coefficient (Wildman–Crippen LogP) is 4.56. The average molecular weight is 536 g/mol. The van der Waals surface area contributed by atoms with Gasteiger partial charge < -0.3 is 14.4 Å². The average Bonchev–Trinajstić information content (AvgIpc) is 3.44. The van der Waals surface area contributed by atoms with Crippen molar-refractivity contribution in [3.63, 3.8) is 0 Å². The lowest BCUT2D eigenvalue weighted by atomic mass is 9.83. The monoisotopic (exact) mass is 535 g/mol. The summed E-state index contributed by atoms with van der Waals surface area (Å²) in [5, 5.41) is 0. The number of carbonyl (C=O) groups excluding carboxylic acids is 2. The van der Waals surface area contributed by atoms with Crippen molar-refractivity contribution in [1.29, 1.82) is 0 Å². The van der Waals surface area contributed by atoms with Gasteiger partial charge in [0.1, 0.15) is 11.8 Å². The minimum atomic E-state index is -0.402. The Morgan fingerprint density at radius 2 is 1.54 bits per heavy atom. The van der Waals surface area contributed by atoms with E-state index in [-0.39, 0.29) is 23.9 Å². The van der Waals surface area contributed by atoms with E-state index in [0.717, 1.165) is 27.0 Å². The van der Waals surface area contributed by atoms with Gasteiger partial charge in [0.2, 0.25) is 5.91 Å². The van der Waals surface area contributed by atoms with Crippen molar-refractivity contribution >= 4 is 33.5 Å². The van der Waals surface area contributed by atoms with Crippen LogP contribution in [0, 0.1) is 5.92 Å². The summed E-state index contributed by atoms with van der Waals surface area (Å²) in [6.07, 6.45) is 0. The second-order valence-corrected chi connectivity index (χ2v) is 9.48. The molecule has 2 N–H and O–H groups in total. The molecule has 3 aromatic carbocycles. The zero-order valence-corrected chi connectivity index (χ0v) is 21.0. The molecule has 0 aliphatic carbocycles. The molecular weight excluding hydrogens is 510 g/mol. The Bertz CT molecular complexity index is 1210. The highest BCUT2D eigenvalue weighted by Crippen LogP contribution is 2.49. The molecule has 5 rings (SSSR count). The van der Waals surface area contributed by atoms with E-state index >= 15 is 0 Å². The molecule has 0 spiro atoms. The highest BCUT2D eigenvalue weighted by Gasteiger charge is 2.56. The number of halogens is 1. The van der Waals surface area contributed by atoms with Crippen LogP contribution in [0.1, 0.15) is 40.5 Å². The fourth-order valence-corrected chi connectivity index (χ4v) is 5.32. The molecule has 4 unspecified atom stereocenters. The lowest BCUT2D eigenvalue weighted by Gasteiger charge is -2.31. The first-order valence-corrected chi connectivity index (χ1v) is 12.3. The van der Waals surface area contributed by atoms with Gasteiger partial charge in [-0.05, 0) is 66.6 Å². The number of hydrogen-bond acceptors (Lipinski definition) is 6. The molecule has 0 aromatic heterocycles. The van der Waals surface area contributed by atoms with Gasteiger partial charge in [-0.2, -0.15) is 0 Å². The van der Waals surface area contributed by atoms with Gasteiger partial charge >= 0.3 is 5.97 Å². The number of esters is 1. The quantitative estimate of drug-likeness (QED) is 0.450. The maximum absolute atomic E-state index is 13.7. The molecule has 2 aliphatic rings. The summed E-state index contributed by atoms with van der Waals surface area (Å²) in [6.45, 7) is 2.56. The lowest BCUT2D eigenvalue weighted by Crippen LogP contribution is -2.41. The van der Waals surface area contributed by atoms with Gasteiger partial charge in [0.05, 0.1) is 31.4 Å². The molecular formula is C27H26BrN3O4. The van der Waals surface area contributed by atoms with Crippen LogP contribution in [-0.4, -0.2) is 31.6 Å². The number of hydrazine groups is 1. The van der Waals surface area contributed by atoms with Gasteiger partial charge in [0.25, 0.3) is 0 Å². The molecule has 4 atom stereocenters. The summed E-state index contributed by atoms with van der Waals surface area (Å²) >= 11 is 3.48. The first kappa shape index (κ1) is 23.5. The Kier molecular flexibility index (Phi) is 6.60. The summed E-state index contributed by atoms with van der Waals surface area (Å²) in [4.78, 5) is 27.6. The van der Waals surface area contributed by atoms with E-state index < -0.39 is 12.0 Å². The first-order chi connectivity index (χ1) is 17.0. The Morgan fingerprint density at radius 1 is 0.914 bits per heavy atom. The number of nitrogens with zero attached hydrogens (tertiary/aromatic N) is 1. The molecule has 3 aromatic rings. The largest absolute Gasteiger partial charge is 0.494 e. The van der Waals surface area contributed by atoms with Gasteiger partial charge in [0, 0.05) is 16.1 Å². The molecule has 0 bridgehead atoms. The third-order valence-corrected chi connectivity index (χ3v) is 7.17. The van der Waals surface area contributed by atoms with Gasteiger partial charge in [-0.3, -0.25) is 4.79 Å². The van der Waals surface area contributed by atoms with Crippen molar-refractivity contribution in [1.82, 2.24) is 10.9 Å². The number of carbonyl (C=O) groups is 2. The van der Waals surface area contributed by atoms with E-state index in [1.165, 1.54) is 7.11 Å². The maximum Gasteiger partial charge on any atom is 0.337 e. The number of rotatable bonds is 6. The Labute approximate surface area is 212 Å². The topological polar surface area (TPSA) is 79.9 Å². The summed E-state index contributed by atoms with van der Waals surface area (Å²) < 4.78 is 11.4. The second-order valence-electron chi connectivity index (χ2n) is 8.57. The summed E-state index contributed by atoms with van der Waals surface area (Å²) in [5.74, 6) is 0.333. The van der Waals surface area contributed by atoms with Crippen molar-refractivity contribution in [2.24, 2.45) is 5.92 Å². The Hall–Kier alpha value is -3.20.